The van der Waals surface area contributed by atoms with Crippen LogP contribution in [0.1, 0.15) is 16.8 Å². The van der Waals surface area contributed by atoms with E-state index in [2.05, 4.69) is 14.9 Å². The van der Waals surface area contributed by atoms with Gasteiger partial charge in [0.15, 0.2) is 0 Å². The van der Waals surface area contributed by atoms with Crippen LogP contribution in [0.5, 0.6) is 5.75 Å². The molecule has 0 spiro atoms. The van der Waals surface area contributed by atoms with Gasteiger partial charge in [0, 0.05) is 32.4 Å². The van der Waals surface area contributed by atoms with E-state index >= 15 is 0 Å². The van der Waals surface area contributed by atoms with Crippen LogP contribution < -0.4 is 10.2 Å². The average Bonchev–Trinajstić information content (AvgIpc) is 2.77. The maximum atomic E-state index is 9.95. The number of nitrogens with one attached hydrogen (secondary N) is 1. The van der Waals surface area contributed by atoms with E-state index in [9.17, 15) is 5.11 Å². The van der Waals surface area contributed by atoms with Gasteiger partial charge in [-0.05, 0) is 25.5 Å². The minimum absolute atomic E-state index is 0.356. The van der Waals surface area contributed by atoms with E-state index in [-0.39, 0.29) is 0 Å². The molecule has 20 heavy (non-hydrogen) atoms. The molecule has 0 bridgehead atoms. The lowest BCUT2D eigenvalue weighted by Gasteiger charge is -2.14. The topological polar surface area (TPSA) is 53.3 Å². The zero-order chi connectivity index (χ0) is 14.9. The maximum Gasteiger partial charge on any atom is 0.204 e. The van der Waals surface area contributed by atoms with Crippen LogP contribution in [0.15, 0.2) is 18.3 Å². The summed E-state index contributed by atoms with van der Waals surface area (Å²) in [5.41, 5.74) is 3.80. The second kappa shape index (κ2) is 5.45. The quantitative estimate of drug-likeness (QED) is 0.899. The summed E-state index contributed by atoms with van der Waals surface area (Å²) in [6, 6.07) is 3.91. The first-order chi connectivity index (χ1) is 9.41. The van der Waals surface area contributed by atoms with Crippen molar-refractivity contribution in [1.82, 2.24) is 9.55 Å². The molecule has 1 heterocycles. The molecule has 0 saturated heterocycles. The Balaban J connectivity index is 2.15. The van der Waals surface area contributed by atoms with Crippen molar-refractivity contribution in [3.8, 4) is 5.75 Å². The van der Waals surface area contributed by atoms with Crippen LogP contribution in [-0.4, -0.2) is 28.8 Å². The van der Waals surface area contributed by atoms with Gasteiger partial charge in [-0.15, -0.1) is 0 Å². The molecule has 0 radical (unpaired) electrons. The van der Waals surface area contributed by atoms with Crippen molar-refractivity contribution >= 4 is 11.6 Å². The van der Waals surface area contributed by atoms with Crippen LogP contribution >= 0.6 is 0 Å². The van der Waals surface area contributed by atoms with E-state index in [4.69, 9.17) is 0 Å². The van der Waals surface area contributed by atoms with E-state index in [0.29, 0.717) is 12.3 Å². The van der Waals surface area contributed by atoms with E-state index in [0.717, 1.165) is 28.5 Å². The number of imidazole rings is 1. The van der Waals surface area contributed by atoms with Crippen molar-refractivity contribution in [3.63, 3.8) is 0 Å². The van der Waals surface area contributed by atoms with Gasteiger partial charge in [0.1, 0.15) is 5.75 Å². The number of aromatic hydroxyl groups is 1. The lowest BCUT2D eigenvalue weighted by Crippen LogP contribution is -2.15. The third kappa shape index (κ3) is 2.57. The van der Waals surface area contributed by atoms with Gasteiger partial charge >= 0.3 is 0 Å². The molecule has 0 saturated carbocycles. The molecule has 0 aliphatic rings. The van der Waals surface area contributed by atoms with E-state index < -0.39 is 0 Å². The molecule has 5 nitrogen and oxygen atoms in total. The highest BCUT2D eigenvalue weighted by Crippen LogP contribution is 2.28. The van der Waals surface area contributed by atoms with Gasteiger partial charge in [-0.25, -0.2) is 4.98 Å². The average molecular weight is 274 g/mol. The molecule has 2 N–H and O–H groups in total. The van der Waals surface area contributed by atoms with Crippen LogP contribution in [0.4, 0.5) is 11.6 Å². The van der Waals surface area contributed by atoms with Gasteiger partial charge in [0.25, 0.3) is 0 Å². The number of hydrogen-bond acceptors (Lipinski definition) is 4. The number of aryl methyl sites for hydroxylation is 1. The fourth-order valence-corrected chi connectivity index (χ4v) is 2.23. The standard InChI is InChI=1S/C15H22N4O/c1-10-6-7-13(11(2)14(10)20)16-8-12-9-17-15(18(3)4)19(12)5/h6-7,9,16,20H,8H2,1-5H3. The number of rotatable bonds is 4. The fraction of sp³-hybridized carbons (Fsp3) is 0.400. The Kier molecular flexibility index (Phi) is 3.88. The number of hydrogen-bond donors (Lipinski definition) is 2. The molecule has 108 valence electrons. The summed E-state index contributed by atoms with van der Waals surface area (Å²) in [6.07, 6.45) is 1.87. The van der Waals surface area contributed by atoms with Crippen molar-refractivity contribution in [1.29, 1.82) is 0 Å². The summed E-state index contributed by atoms with van der Waals surface area (Å²) in [5, 5.41) is 13.3. The first kappa shape index (κ1) is 14.2. The SMILES string of the molecule is Cc1ccc(NCc2cnc(N(C)C)n2C)c(C)c1O. The summed E-state index contributed by atoms with van der Waals surface area (Å²) in [6.45, 7) is 4.48. The lowest BCUT2D eigenvalue weighted by molar-refractivity contribution is 0.467. The molecule has 2 rings (SSSR count). The normalized spacial score (nSPS) is 10.7. The highest BCUT2D eigenvalue weighted by Gasteiger charge is 2.09. The van der Waals surface area contributed by atoms with Gasteiger partial charge in [-0.1, -0.05) is 6.07 Å². The number of phenols is 1. The molecule has 0 aliphatic carbocycles. The third-order valence-electron chi connectivity index (χ3n) is 3.55. The zero-order valence-corrected chi connectivity index (χ0v) is 12.7. The Morgan fingerprint density at radius 3 is 2.60 bits per heavy atom. The highest BCUT2D eigenvalue weighted by molar-refractivity contribution is 5.59. The molecule has 0 fully saturated rings. The van der Waals surface area contributed by atoms with Crippen LogP contribution in [0.2, 0.25) is 0 Å². The predicted molar refractivity (Wildman–Crippen MR) is 82.4 cm³/mol. The van der Waals surface area contributed by atoms with Gasteiger partial charge in [0.2, 0.25) is 5.95 Å². The summed E-state index contributed by atoms with van der Waals surface area (Å²) >= 11 is 0. The molecule has 0 unspecified atom stereocenters. The lowest BCUT2D eigenvalue weighted by atomic mass is 10.1. The second-order valence-corrected chi connectivity index (χ2v) is 5.26. The summed E-state index contributed by atoms with van der Waals surface area (Å²) in [4.78, 5) is 6.36. The molecular weight excluding hydrogens is 252 g/mol. The van der Waals surface area contributed by atoms with Crippen molar-refractivity contribution in [2.75, 3.05) is 24.3 Å². The number of anilines is 2. The maximum absolute atomic E-state index is 9.95. The number of nitrogens with zero attached hydrogens (tertiary/aromatic N) is 3. The third-order valence-corrected chi connectivity index (χ3v) is 3.55. The van der Waals surface area contributed by atoms with Crippen molar-refractivity contribution < 1.29 is 5.11 Å². The first-order valence-electron chi connectivity index (χ1n) is 6.62. The van der Waals surface area contributed by atoms with Crippen LogP contribution in [-0.2, 0) is 13.6 Å². The summed E-state index contributed by atoms with van der Waals surface area (Å²) < 4.78 is 2.05. The molecule has 2 aromatic rings. The molecule has 1 aromatic carbocycles. The Hall–Kier alpha value is -2.17. The van der Waals surface area contributed by atoms with E-state index in [1.165, 1.54) is 0 Å². The molecule has 0 aliphatic heterocycles. The molecule has 0 amide bonds. The molecular formula is C15H22N4O. The Morgan fingerprint density at radius 2 is 2.00 bits per heavy atom. The van der Waals surface area contributed by atoms with Crippen molar-refractivity contribution in [2.45, 2.75) is 20.4 Å². The number of benzene rings is 1. The minimum atomic E-state index is 0.356. The first-order valence-corrected chi connectivity index (χ1v) is 6.62. The zero-order valence-electron chi connectivity index (χ0n) is 12.7. The highest BCUT2D eigenvalue weighted by atomic mass is 16.3. The van der Waals surface area contributed by atoms with Crippen LogP contribution in [0, 0.1) is 13.8 Å². The van der Waals surface area contributed by atoms with Gasteiger partial charge in [-0.2, -0.15) is 0 Å². The fourth-order valence-electron chi connectivity index (χ4n) is 2.23. The van der Waals surface area contributed by atoms with Crippen LogP contribution in [0.25, 0.3) is 0 Å². The molecule has 1 aromatic heterocycles. The summed E-state index contributed by atoms with van der Waals surface area (Å²) in [7, 11) is 5.95. The van der Waals surface area contributed by atoms with E-state index in [1.54, 1.807) is 0 Å². The Bertz CT molecular complexity index is 617. The molecule has 0 atom stereocenters. The summed E-state index contributed by atoms with van der Waals surface area (Å²) in [5.74, 6) is 1.28. The Morgan fingerprint density at radius 1 is 1.30 bits per heavy atom. The minimum Gasteiger partial charge on any atom is -0.507 e. The van der Waals surface area contributed by atoms with Gasteiger partial charge in [-0.3, -0.25) is 0 Å². The van der Waals surface area contributed by atoms with E-state index in [1.807, 2.05) is 58.2 Å². The largest absolute Gasteiger partial charge is 0.507 e. The van der Waals surface area contributed by atoms with Crippen molar-refractivity contribution in [2.24, 2.45) is 7.05 Å². The van der Waals surface area contributed by atoms with Gasteiger partial charge < -0.3 is 19.9 Å². The number of phenolic OH excluding ortho intramolecular Hbond substituents is 1. The smallest absolute Gasteiger partial charge is 0.204 e. The van der Waals surface area contributed by atoms with Crippen molar-refractivity contribution in [3.05, 3.63) is 35.2 Å². The number of aromatic nitrogens is 2. The predicted octanol–water partition coefficient (Wildman–Crippen LogP) is 2.42. The molecule has 5 heteroatoms. The van der Waals surface area contributed by atoms with Crippen LogP contribution in [0.3, 0.4) is 0 Å². The second-order valence-electron chi connectivity index (χ2n) is 5.26. The Labute approximate surface area is 119 Å². The van der Waals surface area contributed by atoms with Gasteiger partial charge in [0.05, 0.1) is 18.4 Å². The monoisotopic (exact) mass is 274 g/mol.